The Hall–Kier alpha value is -3.96. The summed E-state index contributed by atoms with van der Waals surface area (Å²) >= 11 is 6.18. The van der Waals surface area contributed by atoms with E-state index in [1.54, 1.807) is 49.4 Å². The van der Waals surface area contributed by atoms with Crippen LogP contribution in [0.4, 0.5) is 13.2 Å². The lowest BCUT2D eigenvalue weighted by atomic mass is 9.98. The van der Waals surface area contributed by atoms with Gasteiger partial charge in [-0.25, -0.2) is 18.4 Å². The molecular weight excluding hydrogens is 553 g/mol. The van der Waals surface area contributed by atoms with Crippen LogP contribution < -0.4 is 0 Å². The molecule has 0 saturated heterocycles. The van der Waals surface area contributed by atoms with Gasteiger partial charge in [0.25, 0.3) is 0 Å². The number of alkyl halides is 3. The zero-order valence-electron chi connectivity index (χ0n) is 20.8. The third-order valence-corrected chi connectivity index (χ3v) is 7.31. The Morgan fingerprint density at radius 2 is 1.72 bits per heavy atom. The molecule has 3 heterocycles. The molecule has 0 atom stereocenters. The first-order valence-electron chi connectivity index (χ1n) is 11.5. The number of benzene rings is 2. The van der Waals surface area contributed by atoms with E-state index >= 15 is 0 Å². The summed E-state index contributed by atoms with van der Waals surface area (Å²) in [7, 11) is -3.47. The summed E-state index contributed by atoms with van der Waals surface area (Å²) < 4.78 is 72.0. The van der Waals surface area contributed by atoms with E-state index in [1.807, 2.05) is 0 Å². The van der Waals surface area contributed by atoms with Gasteiger partial charge < -0.3 is 8.98 Å². The van der Waals surface area contributed by atoms with Crippen LogP contribution in [0.15, 0.2) is 76.3 Å². The molecule has 5 aromatic rings. The van der Waals surface area contributed by atoms with Crippen LogP contribution in [0, 0.1) is 13.8 Å². The zero-order valence-corrected chi connectivity index (χ0v) is 22.4. The molecule has 0 aliphatic carbocycles. The van der Waals surface area contributed by atoms with Crippen molar-refractivity contribution >= 4 is 21.4 Å². The molecule has 5 rings (SSSR count). The third kappa shape index (κ3) is 5.32. The van der Waals surface area contributed by atoms with Crippen molar-refractivity contribution in [2.75, 3.05) is 6.26 Å². The first kappa shape index (κ1) is 26.6. The van der Waals surface area contributed by atoms with Crippen molar-refractivity contribution in [2.24, 2.45) is 0 Å². The predicted molar refractivity (Wildman–Crippen MR) is 140 cm³/mol. The van der Waals surface area contributed by atoms with Crippen molar-refractivity contribution in [3.8, 4) is 39.5 Å². The molecule has 0 fully saturated rings. The van der Waals surface area contributed by atoms with Gasteiger partial charge in [0.15, 0.2) is 27.2 Å². The topological polar surface area (TPSA) is 90.9 Å². The minimum Gasteiger partial charge on any atom is -0.439 e. The van der Waals surface area contributed by atoms with Crippen molar-refractivity contribution in [1.29, 1.82) is 0 Å². The third-order valence-electron chi connectivity index (χ3n) is 5.97. The maximum atomic E-state index is 13.5. The molecule has 0 unspecified atom stereocenters. The molecule has 200 valence electrons. The van der Waals surface area contributed by atoms with E-state index in [2.05, 4.69) is 15.0 Å². The molecule has 3 aromatic heterocycles. The fourth-order valence-electron chi connectivity index (χ4n) is 4.19. The Kier molecular flexibility index (Phi) is 6.59. The maximum Gasteiger partial charge on any atom is 0.434 e. The van der Waals surface area contributed by atoms with Gasteiger partial charge in [0, 0.05) is 36.2 Å². The SMILES string of the molecule is Cc1nc(-c2cc(-c3cccc(S(C)(=O)=O)c3)ccc2-n2cc(C(F)(F)F)nc2C)c(-c2cc(Cl)ccn2)o1. The molecule has 0 N–H and O–H groups in total. The van der Waals surface area contributed by atoms with Gasteiger partial charge in [0.1, 0.15) is 17.2 Å². The lowest BCUT2D eigenvalue weighted by Crippen LogP contribution is -2.05. The van der Waals surface area contributed by atoms with Crippen LogP contribution in [-0.2, 0) is 16.0 Å². The molecule has 0 amide bonds. The zero-order chi connectivity index (χ0) is 28.1. The molecule has 0 saturated carbocycles. The van der Waals surface area contributed by atoms with Gasteiger partial charge in [0.05, 0.1) is 10.6 Å². The summed E-state index contributed by atoms with van der Waals surface area (Å²) in [5.74, 6) is 0.681. The van der Waals surface area contributed by atoms with E-state index in [-0.39, 0.29) is 16.5 Å². The minimum absolute atomic E-state index is 0.109. The fraction of sp³-hybridized carbons (Fsp3) is 0.148. The molecule has 0 aliphatic heterocycles. The van der Waals surface area contributed by atoms with Crippen molar-refractivity contribution in [1.82, 2.24) is 19.5 Å². The number of rotatable bonds is 5. The lowest BCUT2D eigenvalue weighted by Gasteiger charge is -2.14. The van der Waals surface area contributed by atoms with Crippen LogP contribution in [-0.4, -0.2) is 34.2 Å². The van der Waals surface area contributed by atoms with E-state index in [0.29, 0.717) is 44.7 Å². The van der Waals surface area contributed by atoms with Gasteiger partial charge in [-0.3, -0.25) is 4.98 Å². The maximum absolute atomic E-state index is 13.5. The Morgan fingerprint density at radius 3 is 2.38 bits per heavy atom. The second-order valence-corrected chi connectivity index (χ2v) is 11.3. The Balaban J connectivity index is 1.78. The van der Waals surface area contributed by atoms with Crippen LogP contribution >= 0.6 is 11.6 Å². The molecule has 7 nitrogen and oxygen atoms in total. The number of oxazole rings is 1. The van der Waals surface area contributed by atoms with Gasteiger partial charge in [-0.1, -0.05) is 29.8 Å². The van der Waals surface area contributed by atoms with Gasteiger partial charge in [-0.05, 0) is 54.4 Å². The standard InChI is InChI=1S/C27H20ClF3N4O3S/c1-15-33-24(27(29,30)31)14-35(15)23-8-7-18(17-5-4-6-20(11-17)39(3,36)37)12-21(23)25-26(38-16(2)34-25)22-13-19(28)9-10-32-22/h4-14H,1-3H3. The number of sulfone groups is 1. The Morgan fingerprint density at radius 1 is 0.974 bits per heavy atom. The molecular formula is C27H20ClF3N4O3S. The Bertz CT molecular complexity index is 1830. The predicted octanol–water partition coefficient (Wildman–Crippen LogP) is 6.95. The molecule has 12 heteroatoms. The number of imidazole rings is 1. The van der Waals surface area contributed by atoms with Crippen LogP contribution in [0.3, 0.4) is 0 Å². The van der Waals surface area contributed by atoms with Crippen LogP contribution in [0.2, 0.25) is 5.02 Å². The van der Waals surface area contributed by atoms with E-state index in [9.17, 15) is 21.6 Å². The van der Waals surface area contributed by atoms with Gasteiger partial charge in [-0.2, -0.15) is 13.2 Å². The normalized spacial score (nSPS) is 12.2. The fourth-order valence-corrected chi connectivity index (χ4v) is 5.01. The molecule has 0 radical (unpaired) electrons. The highest BCUT2D eigenvalue weighted by molar-refractivity contribution is 7.90. The molecule has 0 spiro atoms. The number of hydrogen-bond acceptors (Lipinski definition) is 6. The van der Waals surface area contributed by atoms with Crippen LogP contribution in [0.1, 0.15) is 17.4 Å². The van der Waals surface area contributed by atoms with E-state index in [1.165, 1.54) is 29.8 Å². The smallest absolute Gasteiger partial charge is 0.434 e. The average molecular weight is 573 g/mol. The minimum atomic E-state index is -4.64. The van der Waals surface area contributed by atoms with Gasteiger partial charge >= 0.3 is 6.18 Å². The molecule has 0 bridgehead atoms. The summed E-state index contributed by atoms with van der Waals surface area (Å²) in [5.41, 5.74) is 1.64. The Labute approximate surface area is 226 Å². The van der Waals surface area contributed by atoms with Crippen LogP contribution in [0.25, 0.3) is 39.5 Å². The van der Waals surface area contributed by atoms with Crippen molar-refractivity contribution < 1.29 is 26.0 Å². The first-order valence-corrected chi connectivity index (χ1v) is 13.8. The summed E-state index contributed by atoms with van der Waals surface area (Å²) in [6.45, 7) is 3.11. The van der Waals surface area contributed by atoms with E-state index in [4.69, 9.17) is 16.0 Å². The number of aromatic nitrogens is 4. The van der Waals surface area contributed by atoms with Crippen molar-refractivity contribution in [2.45, 2.75) is 24.9 Å². The second kappa shape index (κ2) is 9.65. The quantitative estimate of drug-likeness (QED) is 0.226. The summed E-state index contributed by atoms with van der Waals surface area (Å²) in [6.07, 6.45) is -1.10. The number of nitrogens with zero attached hydrogens (tertiary/aromatic N) is 4. The molecule has 2 aromatic carbocycles. The van der Waals surface area contributed by atoms with E-state index in [0.717, 1.165) is 12.5 Å². The lowest BCUT2D eigenvalue weighted by molar-refractivity contribution is -0.141. The summed E-state index contributed by atoms with van der Waals surface area (Å²) in [5, 5.41) is 0.409. The number of halogens is 4. The number of aryl methyl sites for hydroxylation is 2. The summed E-state index contributed by atoms with van der Waals surface area (Å²) in [6, 6.07) is 14.6. The van der Waals surface area contributed by atoms with Crippen LogP contribution in [0.5, 0.6) is 0 Å². The van der Waals surface area contributed by atoms with Crippen molar-refractivity contribution in [3.63, 3.8) is 0 Å². The highest BCUT2D eigenvalue weighted by Gasteiger charge is 2.35. The highest BCUT2D eigenvalue weighted by atomic mass is 35.5. The summed E-state index contributed by atoms with van der Waals surface area (Å²) in [4.78, 5) is 12.7. The average Bonchev–Trinajstić information content (AvgIpc) is 3.46. The number of hydrogen-bond donors (Lipinski definition) is 0. The molecule has 0 aliphatic rings. The molecule has 39 heavy (non-hydrogen) atoms. The monoisotopic (exact) mass is 572 g/mol. The van der Waals surface area contributed by atoms with Crippen molar-refractivity contribution in [3.05, 3.63) is 89.4 Å². The first-order chi connectivity index (χ1) is 18.3. The number of pyridine rings is 1. The van der Waals surface area contributed by atoms with Gasteiger partial charge in [0.2, 0.25) is 0 Å². The second-order valence-electron chi connectivity index (χ2n) is 8.84. The highest BCUT2D eigenvalue weighted by Crippen LogP contribution is 2.39. The largest absolute Gasteiger partial charge is 0.439 e. The van der Waals surface area contributed by atoms with Gasteiger partial charge in [-0.15, -0.1) is 0 Å². The van der Waals surface area contributed by atoms with E-state index < -0.39 is 21.7 Å².